The first-order chi connectivity index (χ1) is 14.3. The highest BCUT2D eigenvalue weighted by Gasteiger charge is 2.25. The first-order valence-corrected chi connectivity index (χ1v) is 11.6. The van der Waals surface area contributed by atoms with Crippen LogP contribution in [-0.4, -0.2) is 103 Å². The lowest BCUT2D eigenvalue weighted by molar-refractivity contribution is 0.0145. The Kier molecular flexibility index (Phi) is 7.76. The van der Waals surface area contributed by atoms with Crippen molar-refractivity contribution in [2.75, 3.05) is 70.3 Å². The van der Waals surface area contributed by atoms with Gasteiger partial charge in [0.25, 0.3) is 0 Å². The summed E-state index contributed by atoms with van der Waals surface area (Å²) in [4.78, 5) is 29.7. The van der Waals surface area contributed by atoms with Gasteiger partial charge in [-0.2, -0.15) is 0 Å². The molecule has 2 N–H and O–H groups in total. The molecule has 1 aromatic rings. The number of anilines is 1. The fourth-order valence-electron chi connectivity index (χ4n) is 3.57. The standard InChI is InChI=1S/C20H35N7O2S/c1-20(2,3)29-19(28)27-10-8-24(9-11-27)7-4-5-22-17(21)25-12-14-26(15-13-25)18-23-6-16-30-18/h6,16H,4-5,7-15H2,1-3H3,(H2,21,22). The molecule has 30 heavy (non-hydrogen) atoms. The van der Waals surface area contributed by atoms with E-state index in [0.29, 0.717) is 19.0 Å². The maximum absolute atomic E-state index is 12.1. The number of carbonyl (C=O) groups excluding carboxylic acids is 1. The first-order valence-electron chi connectivity index (χ1n) is 10.7. The van der Waals surface area contributed by atoms with Crippen molar-refractivity contribution in [3.8, 4) is 0 Å². The third kappa shape index (κ3) is 6.73. The molecule has 0 saturated carbocycles. The Bertz CT molecular complexity index is 689. The number of carbonyl (C=O) groups is 1. The summed E-state index contributed by atoms with van der Waals surface area (Å²) in [6.45, 7) is 14.2. The number of piperazine rings is 2. The van der Waals surface area contributed by atoms with E-state index in [-0.39, 0.29) is 6.09 Å². The summed E-state index contributed by atoms with van der Waals surface area (Å²) in [6, 6.07) is 0. The largest absolute Gasteiger partial charge is 0.444 e. The van der Waals surface area contributed by atoms with Crippen molar-refractivity contribution in [1.29, 1.82) is 0 Å². The van der Waals surface area contributed by atoms with Gasteiger partial charge in [-0.1, -0.05) is 0 Å². The molecule has 168 valence electrons. The highest BCUT2D eigenvalue weighted by molar-refractivity contribution is 7.13. The van der Waals surface area contributed by atoms with Crippen LogP contribution in [0.25, 0.3) is 0 Å². The van der Waals surface area contributed by atoms with Crippen LogP contribution in [0, 0.1) is 0 Å². The summed E-state index contributed by atoms with van der Waals surface area (Å²) in [5.41, 5.74) is 5.76. The lowest BCUT2D eigenvalue weighted by Crippen LogP contribution is -2.51. The number of amides is 1. The van der Waals surface area contributed by atoms with Crippen LogP contribution in [-0.2, 0) is 4.74 Å². The summed E-state index contributed by atoms with van der Waals surface area (Å²) in [6.07, 6.45) is 2.60. The summed E-state index contributed by atoms with van der Waals surface area (Å²) >= 11 is 1.67. The van der Waals surface area contributed by atoms with Crippen LogP contribution in [0.15, 0.2) is 16.6 Å². The predicted octanol–water partition coefficient (Wildman–Crippen LogP) is 1.52. The van der Waals surface area contributed by atoms with Gasteiger partial charge in [0.15, 0.2) is 11.1 Å². The average molecular weight is 438 g/mol. The van der Waals surface area contributed by atoms with Crippen molar-refractivity contribution in [2.24, 2.45) is 10.7 Å². The Labute approximate surface area is 183 Å². The normalized spacial score (nSPS) is 19.3. The number of nitrogens with zero attached hydrogens (tertiary/aromatic N) is 6. The fourth-order valence-corrected chi connectivity index (χ4v) is 4.26. The lowest BCUT2D eigenvalue weighted by Gasteiger charge is -2.35. The molecule has 0 radical (unpaired) electrons. The Hall–Kier alpha value is -2.07. The topological polar surface area (TPSA) is 90.5 Å². The molecule has 0 bridgehead atoms. The second-order valence-corrected chi connectivity index (χ2v) is 9.56. The summed E-state index contributed by atoms with van der Waals surface area (Å²) in [5.74, 6) is 0.642. The maximum atomic E-state index is 12.1. The van der Waals surface area contributed by atoms with Gasteiger partial charge in [-0.25, -0.2) is 9.78 Å². The number of nitrogens with two attached hydrogens (primary N) is 1. The average Bonchev–Trinajstić information content (AvgIpc) is 3.25. The van der Waals surface area contributed by atoms with E-state index < -0.39 is 5.60 Å². The third-order valence-electron chi connectivity index (χ3n) is 5.22. The first kappa shape index (κ1) is 22.6. The molecule has 0 atom stereocenters. The molecule has 3 heterocycles. The van der Waals surface area contributed by atoms with Gasteiger partial charge in [0, 0.05) is 77.0 Å². The molecule has 0 aromatic carbocycles. The molecule has 2 aliphatic rings. The van der Waals surface area contributed by atoms with Crippen molar-refractivity contribution < 1.29 is 9.53 Å². The quantitative estimate of drug-likeness (QED) is 0.424. The zero-order valence-electron chi connectivity index (χ0n) is 18.4. The number of hydrogen-bond acceptors (Lipinski definition) is 7. The molecule has 0 aliphatic carbocycles. The van der Waals surface area contributed by atoms with Crippen LogP contribution in [0.3, 0.4) is 0 Å². The predicted molar refractivity (Wildman–Crippen MR) is 121 cm³/mol. The van der Waals surface area contributed by atoms with E-state index in [1.54, 1.807) is 16.2 Å². The van der Waals surface area contributed by atoms with E-state index in [0.717, 1.165) is 63.9 Å². The molecule has 2 fully saturated rings. The zero-order chi connectivity index (χ0) is 21.6. The molecule has 10 heteroatoms. The number of guanidine groups is 1. The highest BCUT2D eigenvalue weighted by Crippen LogP contribution is 2.18. The summed E-state index contributed by atoms with van der Waals surface area (Å²) < 4.78 is 5.45. The molecular formula is C20H35N7O2S. The van der Waals surface area contributed by atoms with Gasteiger partial charge in [-0.3, -0.25) is 9.89 Å². The summed E-state index contributed by atoms with van der Waals surface area (Å²) in [7, 11) is 0. The van der Waals surface area contributed by atoms with Crippen molar-refractivity contribution in [3.63, 3.8) is 0 Å². The second kappa shape index (κ2) is 10.3. The van der Waals surface area contributed by atoms with Gasteiger partial charge < -0.3 is 25.2 Å². The number of thiazole rings is 1. The maximum Gasteiger partial charge on any atom is 0.410 e. The Morgan fingerprint density at radius 1 is 1.13 bits per heavy atom. The van der Waals surface area contributed by atoms with E-state index in [2.05, 4.69) is 24.7 Å². The Balaban J connectivity index is 1.30. The fraction of sp³-hybridized carbons (Fsp3) is 0.750. The molecule has 1 amide bonds. The molecule has 2 aliphatic heterocycles. The van der Waals surface area contributed by atoms with E-state index in [1.807, 2.05) is 32.3 Å². The van der Waals surface area contributed by atoms with E-state index in [4.69, 9.17) is 10.5 Å². The molecule has 1 aromatic heterocycles. The number of ether oxygens (including phenoxy) is 1. The second-order valence-electron chi connectivity index (χ2n) is 8.69. The molecule has 0 spiro atoms. The highest BCUT2D eigenvalue weighted by atomic mass is 32.1. The van der Waals surface area contributed by atoms with Gasteiger partial charge in [-0.15, -0.1) is 11.3 Å². The molecule has 0 unspecified atom stereocenters. The molecule has 9 nitrogen and oxygen atoms in total. The molecule has 3 rings (SSSR count). The monoisotopic (exact) mass is 437 g/mol. The van der Waals surface area contributed by atoms with Crippen LogP contribution < -0.4 is 10.6 Å². The van der Waals surface area contributed by atoms with Crippen molar-refractivity contribution in [3.05, 3.63) is 11.6 Å². The smallest absolute Gasteiger partial charge is 0.410 e. The minimum atomic E-state index is -0.445. The zero-order valence-corrected chi connectivity index (χ0v) is 19.2. The third-order valence-corrected chi connectivity index (χ3v) is 6.06. The van der Waals surface area contributed by atoms with Crippen molar-refractivity contribution in [1.82, 2.24) is 19.7 Å². The lowest BCUT2D eigenvalue weighted by atomic mass is 10.2. The van der Waals surface area contributed by atoms with E-state index in [9.17, 15) is 4.79 Å². The number of aromatic nitrogens is 1. The Morgan fingerprint density at radius 3 is 2.40 bits per heavy atom. The SMILES string of the molecule is CC(C)(C)OC(=O)N1CCN(CCCN=C(N)N2CCN(c3nccs3)CC2)CC1. The van der Waals surface area contributed by atoms with Gasteiger partial charge in [0.05, 0.1) is 0 Å². The Morgan fingerprint density at radius 2 is 1.80 bits per heavy atom. The number of rotatable bonds is 5. The van der Waals surface area contributed by atoms with Gasteiger partial charge >= 0.3 is 6.09 Å². The molecular weight excluding hydrogens is 402 g/mol. The van der Waals surface area contributed by atoms with Gasteiger partial charge in [-0.05, 0) is 27.2 Å². The molecule has 2 saturated heterocycles. The minimum absolute atomic E-state index is 0.213. The number of aliphatic imine (C=N–C) groups is 1. The van der Waals surface area contributed by atoms with Crippen molar-refractivity contribution in [2.45, 2.75) is 32.8 Å². The van der Waals surface area contributed by atoms with Crippen LogP contribution in [0.1, 0.15) is 27.2 Å². The van der Waals surface area contributed by atoms with Crippen LogP contribution >= 0.6 is 11.3 Å². The number of hydrogen-bond donors (Lipinski definition) is 1. The van der Waals surface area contributed by atoms with E-state index in [1.165, 1.54) is 0 Å². The summed E-state index contributed by atoms with van der Waals surface area (Å²) in [5, 5.41) is 3.09. The van der Waals surface area contributed by atoms with Gasteiger partial charge in [0.1, 0.15) is 5.60 Å². The van der Waals surface area contributed by atoms with Gasteiger partial charge in [0.2, 0.25) is 0 Å². The van der Waals surface area contributed by atoms with Crippen LogP contribution in [0.5, 0.6) is 0 Å². The van der Waals surface area contributed by atoms with E-state index >= 15 is 0 Å². The van der Waals surface area contributed by atoms with Crippen molar-refractivity contribution >= 4 is 28.5 Å². The minimum Gasteiger partial charge on any atom is -0.444 e. The van der Waals surface area contributed by atoms with Crippen LogP contribution in [0.4, 0.5) is 9.93 Å². The van der Waals surface area contributed by atoms with Crippen LogP contribution in [0.2, 0.25) is 0 Å².